The number of hydrogen-bond donors (Lipinski definition) is 0. The van der Waals surface area contributed by atoms with Gasteiger partial charge in [0.1, 0.15) is 16.3 Å². The van der Waals surface area contributed by atoms with E-state index in [1.54, 1.807) is 23.5 Å². The summed E-state index contributed by atoms with van der Waals surface area (Å²) in [4.78, 5) is 50.1. The Labute approximate surface area is 275 Å². The molecule has 3 heterocycles. The maximum absolute atomic E-state index is 14.8. The summed E-state index contributed by atoms with van der Waals surface area (Å²) in [5, 5.41) is 1.77. The van der Waals surface area contributed by atoms with Crippen molar-refractivity contribution in [2.24, 2.45) is 4.99 Å². The molecular formula is C38H33N3O5S. The van der Waals surface area contributed by atoms with Gasteiger partial charge in [0.15, 0.2) is 4.80 Å². The molecule has 1 amide bonds. The molecule has 0 radical (unpaired) electrons. The highest BCUT2D eigenvalue weighted by atomic mass is 32.1. The van der Waals surface area contributed by atoms with Crippen molar-refractivity contribution in [1.29, 1.82) is 0 Å². The summed E-state index contributed by atoms with van der Waals surface area (Å²) < 4.78 is 13.4. The van der Waals surface area contributed by atoms with Crippen LogP contribution in [0.2, 0.25) is 0 Å². The molecule has 1 atom stereocenters. The van der Waals surface area contributed by atoms with Gasteiger partial charge in [0.05, 0.1) is 42.8 Å². The molecule has 1 aromatic heterocycles. The second kappa shape index (κ2) is 12.5. The molecule has 0 spiro atoms. The van der Waals surface area contributed by atoms with Gasteiger partial charge in [-0.05, 0) is 41.8 Å². The number of esters is 1. The molecule has 236 valence electrons. The van der Waals surface area contributed by atoms with E-state index in [0.717, 1.165) is 28.4 Å². The van der Waals surface area contributed by atoms with E-state index in [-0.39, 0.29) is 17.0 Å². The van der Waals surface area contributed by atoms with E-state index in [1.165, 1.54) is 11.3 Å². The zero-order valence-electron chi connectivity index (χ0n) is 26.4. The number of hydrogen-bond acceptors (Lipinski definition) is 7. The van der Waals surface area contributed by atoms with Gasteiger partial charge in [-0.2, -0.15) is 0 Å². The Morgan fingerprint density at radius 2 is 1.66 bits per heavy atom. The molecule has 0 unspecified atom stereocenters. The molecule has 0 fully saturated rings. The predicted octanol–water partition coefficient (Wildman–Crippen LogP) is 5.66. The maximum atomic E-state index is 14.8. The number of fused-ring (bicyclic) bond motifs is 3. The highest BCUT2D eigenvalue weighted by molar-refractivity contribution is 7.07. The first-order valence-corrected chi connectivity index (χ1v) is 16.5. The maximum Gasteiger partial charge on any atom is 0.338 e. The zero-order valence-corrected chi connectivity index (χ0v) is 27.2. The molecule has 7 rings (SSSR count). The largest absolute Gasteiger partial charge is 0.496 e. The fourth-order valence-electron chi connectivity index (χ4n) is 6.60. The topological polar surface area (TPSA) is 90.2 Å². The van der Waals surface area contributed by atoms with Gasteiger partial charge in [-0.15, -0.1) is 0 Å². The third kappa shape index (κ3) is 5.07. The zero-order chi connectivity index (χ0) is 32.7. The Balaban J connectivity index is 1.54. The second-order valence-electron chi connectivity index (χ2n) is 11.4. The van der Waals surface area contributed by atoms with Gasteiger partial charge in [0.25, 0.3) is 11.5 Å². The van der Waals surface area contributed by atoms with Crippen molar-refractivity contribution < 1.29 is 19.1 Å². The summed E-state index contributed by atoms with van der Waals surface area (Å²) in [6.07, 6.45) is 1.23. The van der Waals surface area contributed by atoms with Gasteiger partial charge in [0, 0.05) is 11.1 Å². The Hall–Kier alpha value is -5.28. The van der Waals surface area contributed by atoms with Gasteiger partial charge in [0.2, 0.25) is 0 Å². The SMILES string of the molecule is CCCC1=C(C(=O)OCC)[C@@H](c2c(OC)ccc3ccccc23)n2c(s/c(=C3\C(=O)N(Cc4ccccc4)c4ccccc43)c2=O)=N1. The summed E-state index contributed by atoms with van der Waals surface area (Å²) in [7, 11) is 1.58. The molecule has 8 nitrogen and oxygen atoms in total. The minimum atomic E-state index is -0.894. The van der Waals surface area contributed by atoms with Crippen LogP contribution >= 0.6 is 11.3 Å². The summed E-state index contributed by atoms with van der Waals surface area (Å²) in [6.45, 7) is 4.30. The smallest absolute Gasteiger partial charge is 0.338 e. The van der Waals surface area contributed by atoms with Gasteiger partial charge in [-0.25, -0.2) is 9.79 Å². The summed E-state index contributed by atoms with van der Waals surface area (Å²) in [5.41, 5.74) is 3.88. The van der Waals surface area contributed by atoms with E-state index >= 15 is 0 Å². The number of rotatable bonds is 8. The number of carbonyl (C=O) groups excluding carboxylic acids is 2. The molecule has 9 heteroatoms. The molecule has 0 saturated heterocycles. The van der Waals surface area contributed by atoms with E-state index in [2.05, 4.69) is 0 Å². The van der Waals surface area contributed by atoms with Crippen molar-refractivity contribution in [2.75, 3.05) is 18.6 Å². The number of thiazole rings is 1. The van der Waals surface area contributed by atoms with Crippen LogP contribution in [-0.4, -0.2) is 30.2 Å². The quantitative estimate of drug-likeness (QED) is 0.204. The second-order valence-corrected chi connectivity index (χ2v) is 12.4. The van der Waals surface area contributed by atoms with Crippen molar-refractivity contribution in [2.45, 2.75) is 39.3 Å². The van der Waals surface area contributed by atoms with Crippen LogP contribution in [0.4, 0.5) is 5.69 Å². The van der Waals surface area contributed by atoms with Crippen LogP contribution < -0.4 is 24.5 Å². The average Bonchev–Trinajstić information content (AvgIpc) is 3.56. The first-order chi connectivity index (χ1) is 23.0. The number of carbonyl (C=O) groups is 2. The number of benzene rings is 4. The fraction of sp³-hybridized carbons (Fsp3) is 0.211. The van der Waals surface area contributed by atoms with Crippen LogP contribution in [0, 0.1) is 0 Å². The first kappa shape index (κ1) is 30.4. The van der Waals surface area contributed by atoms with Crippen LogP contribution in [0.3, 0.4) is 0 Å². The van der Waals surface area contributed by atoms with Crippen LogP contribution in [-0.2, 0) is 20.9 Å². The lowest BCUT2D eigenvalue weighted by atomic mass is 9.90. The minimum Gasteiger partial charge on any atom is -0.496 e. The highest BCUT2D eigenvalue weighted by Crippen LogP contribution is 2.41. The minimum absolute atomic E-state index is 0.165. The number of para-hydroxylation sites is 1. The fourth-order valence-corrected chi connectivity index (χ4v) is 7.71. The van der Waals surface area contributed by atoms with Crippen molar-refractivity contribution in [3.63, 3.8) is 0 Å². The lowest BCUT2D eigenvalue weighted by Crippen LogP contribution is -2.41. The molecule has 47 heavy (non-hydrogen) atoms. The Bertz CT molecular complexity index is 2270. The molecule has 4 aromatic carbocycles. The lowest BCUT2D eigenvalue weighted by Gasteiger charge is -2.28. The Kier molecular flexibility index (Phi) is 8.07. The van der Waals surface area contributed by atoms with E-state index in [0.29, 0.717) is 51.5 Å². The Morgan fingerprint density at radius 3 is 2.43 bits per heavy atom. The van der Waals surface area contributed by atoms with Crippen LogP contribution in [0.5, 0.6) is 5.75 Å². The standard InChI is InChI=1S/C38H33N3O5S/c1-4-13-27-32(37(44)46-5-2)33(30-25-17-10-9-16-24(25)20-21-29(30)45-3)41-36(43)34(47-38(41)39-27)31-26-18-11-12-19-28(26)40(35(31)42)22-23-14-7-6-8-15-23/h6-12,14-21,33H,4-5,13,22H2,1-3H3/b34-31-/t33-/m1/s1. The van der Waals surface area contributed by atoms with E-state index < -0.39 is 17.6 Å². The summed E-state index contributed by atoms with van der Waals surface area (Å²) in [5.74, 6) is -0.255. The number of aromatic nitrogens is 1. The monoisotopic (exact) mass is 643 g/mol. The van der Waals surface area contributed by atoms with E-state index in [4.69, 9.17) is 14.5 Å². The summed E-state index contributed by atoms with van der Waals surface area (Å²) >= 11 is 1.18. The molecule has 2 aliphatic heterocycles. The van der Waals surface area contributed by atoms with Crippen molar-refractivity contribution in [1.82, 2.24) is 4.57 Å². The normalized spacial score (nSPS) is 16.6. The van der Waals surface area contributed by atoms with E-state index in [1.807, 2.05) is 97.9 Å². The number of allylic oxidation sites excluding steroid dienone is 1. The molecule has 0 bridgehead atoms. The van der Waals surface area contributed by atoms with Gasteiger partial charge >= 0.3 is 5.97 Å². The number of ether oxygens (including phenoxy) is 2. The molecule has 5 aromatic rings. The summed E-state index contributed by atoms with van der Waals surface area (Å²) in [6, 6.07) is 28.1. The molecule has 0 N–H and O–H groups in total. The van der Waals surface area contributed by atoms with Crippen molar-refractivity contribution in [3.05, 3.63) is 139 Å². The van der Waals surface area contributed by atoms with Crippen LogP contribution in [0.1, 0.15) is 49.4 Å². The van der Waals surface area contributed by atoms with Gasteiger partial charge in [-0.1, -0.05) is 104 Å². The molecule has 2 aliphatic rings. The van der Waals surface area contributed by atoms with Gasteiger partial charge in [-0.3, -0.25) is 14.2 Å². The number of nitrogens with zero attached hydrogens (tertiary/aromatic N) is 3. The van der Waals surface area contributed by atoms with Gasteiger partial charge < -0.3 is 14.4 Å². The van der Waals surface area contributed by atoms with Crippen molar-refractivity contribution in [3.8, 4) is 5.75 Å². The van der Waals surface area contributed by atoms with Crippen LogP contribution in [0.15, 0.2) is 112 Å². The number of amides is 1. The first-order valence-electron chi connectivity index (χ1n) is 15.7. The van der Waals surface area contributed by atoms with Crippen LogP contribution in [0.25, 0.3) is 16.3 Å². The number of methoxy groups -OCH3 is 1. The predicted molar refractivity (Wildman–Crippen MR) is 183 cm³/mol. The third-order valence-corrected chi connectivity index (χ3v) is 9.68. The Morgan fingerprint density at radius 1 is 0.915 bits per heavy atom. The van der Waals surface area contributed by atoms with E-state index in [9.17, 15) is 14.4 Å². The molecule has 0 aliphatic carbocycles. The average molecular weight is 644 g/mol. The lowest BCUT2D eigenvalue weighted by molar-refractivity contribution is -0.139. The third-order valence-electron chi connectivity index (χ3n) is 8.63. The molecule has 0 saturated carbocycles. The van der Waals surface area contributed by atoms with Crippen molar-refractivity contribution >= 4 is 45.2 Å². The highest BCUT2D eigenvalue weighted by Gasteiger charge is 2.39. The number of anilines is 1. The molecular weight excluding hydrogens is 611 g/mol.